The number of hydrogen-bond donors (Lipinski definition) is 0. The SMILES string of the molecule is c1ccc(-[15n]2[15n][15n]c3ccccc32)nc1. The highest BCUT2D eigenvalue weighted by Gasteiger charge is 2.04. The maximum Gasteiger partial charge on any atom is 0.155 e. The van der Waals surface area contributed by atoms with Crippen molar-refractivity contribution in [2.45, 2.75) is 0 Å². The molecule has 0 aliphatic heterocycles. The molecule has 0 spiro atoms. The van der Waals surface area contributed by atoms with E-state index in [9.17, 15) is 0 Å². The molecule has 0 radical (unpaired) electrons. The standard InChI is InChI=1S/C11H8N4/c1-2-6-10-9(5-1)13-14-15(10)11-7-3-4-8-12-11/h1-8H/i13+1,14+1,15+1. The first kappa shape index (κ1) is 8.11. The molecule has 0 saturated heterocycles. The predicted octanol–water partition coefficient (Wildman–Crippen LogP) is 1.82. The van der Waals surface area contributed by atoms with Gasteiger partial charge in [-0.15, -0.1) is 5.10 Å². The Balaban J connectivity index is 2.28. The van der Waals surface area contributed by atoms with Crippen molar-refractivity contribution in [3.05, 3.63) is 48.7 Å². The van der Waals surface area contributed by atoms with E-state index >= 15 is 0 Å². The van der Waals surface area contributed by atoms with E-state index in [1.165, 1.54) is 0 Å². The number of rotatable bonds is 1. The Morgan fingerprint density at radius 2 is 1.80 bits per heavy atom. The molecule has 72 valence electrons. The molecule has 1 aromatic carbocycles. The van der Waals surface area contributed by atoms with Crippen LogP contribution in [0.1, 0.15) is 0 Å². The van der Waals surface area contributed by atoms with E-state index in [-0.39, 0.29) is 0 Å². The molecule has 3 rings (SSSR count). The number of para-hydroxylation sites is 1. The molecule has 0 aliphatic rings. The molecule has 3 aromatic rings. The molecular weight excluding hydrogens is 191 g/mol. The summed E-state index contributed by atoms with van der Waals surface area (Å²) in [7, 11) is 0. The van der Waals surface area contributed by atoms with Crippen molar-refractivity contribution in [1.29, 1.82) is 0 Å². The topological polar surface area (TPSA) is 43.6 Å². The lowest BCUT2D eigenvalue weighted by molar-refractivity contribution is 0.801. The van der Waals surface area contributed by atoms with Gasteiger partial charge >= 0.3 is 0 Å². The molecule has 15 heavy (non-hydrogen) atoms. The summed E-state index contributed by atoms with van der Waals surface area (Å²) in [4.78, 5) is 4.23. The van der Waals surface area contributed by atoms with Crippen LogP contribution in [-0.4, -0.2) is 20.0 Å². The maximum absolute atomic E-state index is 4.23. The summed E-state index contributed by atoms with van der Waals surface area (Å²) >= 11 is 0. The minimum Gasteiger partial charge on any atom is -0.237 e. The second kappa shape index (κ2) is 3.16. The molecule has 0 bridgehead atoms. The third-order valence-corrected chi connectivity index (χ3v) is 2.22. The fourth-order valence-corrected chi connectivity index (χ4v) is 1.52. The molecule has 0 fully saturated rings. The van der Waals surface area contributed by atoms with Gasteiger partial charge in [0, 0.05) is 6.20 Å². The zero-order chi connectivity index (χ0) is 10.1. The van der Waals surface area contributed by atoms with Gasteiger partial charge in [-0.2, -0.15) is 4.68 Å². The Bertz CT molecular complexity index is 586. The Morgan fingerprint density at radius 3 is 2.67 bits per heavy atom. The second-order valence-corrected chi connectivity index (χ2v) is 3.18. The quantitative estimate of drug-likeness (QED) is 0.600. The van der Waals surface area contributed by atoms with E-state index in [2.05, 4.69) is 15.3 Å². The smallest absolute Gasteiger partial charge is 0.155 e. The van der Waals surface area contributed by atoms with Crippen molar-refractivity contribution in [3.63, 3.8) is 0 Å². The molecule has 0 N–H and O–H groups in total. The highest BCUT2D eigenvalue weighted by molar-refractivity contribution is 5.75. The molecule has 0 saturated carbocycles. The van der Waals surface area contributed by atoms with E-state index in [1.807, 2.05) is 42.5 Å². The van der Waals surface area contributed by atoms with Gasteiger partial charge in [0.05, 0.1) is 5.52 Å². The molecule has 2 heterocycles. The minimum atomic E-state index is 0.784. The fourth-order valence-electron chi connectivity index (χ4n) is 1.52. The van der Waals surface area contributed by atoms with Gasteiger partial charge < -0.3 is 0 Å². The number of hydrogen-bond acceptors (Lipinski definition) is 3. The summed E-state index contributed by atoms with van der Waals surface area (Å²) < 4.78 is 1.73. The van der Waals surface area contributed by atoms with Gasteiger partial charge in [0.2, 0.25) is 0 Å². The normalized spacial score (nSPS) is 10.7. The summed E-state index contributed by atoms with van der Waals surface area (Å²) in [6.07, 6.45) is 1.74. The minimum absolute atomic E-state index is 0.784. The number of benzene rings is 1. The average molecular weight is 199 g/mol. The summed E-state index contributed by atoms with van der Waals surface area (Å²) in [5.41, 5.74) is 1.85. The average Bonchev–Trinajstić information content (AvgIpc) is 2.74. The highest BCUT2D eigenvalue weighted by Crippen LogP contribution is 2.13. The van der Waals surface area contributed by atoms with Crippen molar-refractivity contribution in [1.82, 2.24) is 20.0 Å². The first-order chi connectivity index (χ1) is 7.45. The number of nitrogens with zero attached hydrogens (tertiary/aromatic N) is 4. The molecule has 4 heteroatoms. The summed E-state index contributed by atoms with van der Waals surface area (Å²) in [5.74, 6) is 0.784. The molecule has 0 amide bonds. The van der Waals surface area contributed by atoms with Crippen LogP contribution >= 0.6 is 0 Å². The zero-order valence-electron chi connectivity index (χ0n) is 7.91. The van der Waals surface area contributed by atoms with Gasteiger partial charge in [-0.05, 0) is 24.3 Å². The lowest BCUT2D eigenvalue weighted by Crippen LogP contribution is -1.98. The lowest BCUT2D eigenvalue weighted by Gasteiger charge is -1.98. The molecule has 0 unspecified atom stereocenters. The number of fused-ring (bicyclic) bond motifs is 1. The number of aromatic nitrogens is 4. The summed E-state index contributed by atoms with van der Waals surface area (Å²) in [5, 5.41) is 8.14. The molecule has 0 aliphatic carbocycles. The zero-order valence-corrected chi connectivity index (χ0v) is 7.91. The molecule has 2 aromatic heterocycles. The van der Waals surface area contributed by atoms with Crippen LogP contribution in [0.3, 0.4) is 0 Å². The van der Waals surface area contributed by atoms with Gasteiger partial charge in [-0.3, -0.25) is 0 Å². The van der Waals surface area contributed by atoms with E-state index in [0.29, 0.717) is 0 Å². The van der Waals surface area contributed by atoms with Crippen LogP contribution in [0.15, 0.2) is 48.7 Å². The highest BCUT2D eigenvalue weighted by atomic mass is 16.3. The Hall–Kier alpha value is -2.23. The first-order valence-corrected chi connectivity index (χ1v) is 4.67. The monoisotopic (exact) mass is 199 g/mol. The molecule has 0 atom stereocenters. The predicted molar refractivity (Wildman–Crippen MR) is 56.7 cm³/mol. The van der Waals surface area contributed by atoms with Crippen LogP contribution in [0.4, 0.5) is 0 Å². The van der Waals surface area contributed by atoms with Crippen molar-refractivity contribution >= 4 is 11.0 Å². The van der Waals surface area contributed by atoms with Crippen LogP contribution in [-0.2, 0) is 0 Å². The van der Waals surface area contributed by atoms with Gasteiger partial charge in [0.15, 0.2) is 5.82 Å². The van der Waals surface area contributed by atoms with Gasteiger partial charge in [0.25, 0.3) is 0 Å². The lowest BCUT2D eigenvalue weighted by atomic mass is 10.3. The Morgan fingerprint density at radius 1 is 0.933 bits per heavy atom. The van der Waals surface area contributed by atoms with Crippen LogP contribution in [0.25, 0.3) is 16.9 Å². The first-order valence-electron chi connectivity index (χ1n) is 4.67. The van der Waals surface area contributed by atoms with E-state index in [0.717, 1.165) is 16.9 Å². The van der Waals surface area contributed by atoms with Crippen LogP contribution in [0.5, 0.6) is 0 Å². The second-order valence-electron chi connectivity index (χ2n) is 3.18. The van der Waals surface area contributed by atoms with Crippen molar-refractivity contribution in [2.24, 2.45) is 0 Å². The van der Waals surface area contributed by atoms with Crippen molar-refractivity contribution in [2.75, 3.05) is 0 Å². The maximum atomic E-state index is 4.23. The summed E-state index contributed by atoms with van der Waals surface area (Å²) in [6.45, 7) is 0. The number of pyridine rings is 1. The summed E-state index contributed by atoms with van der Waals surface area (Å²) in [6, 6.07) is 13.5. The molecular formula is C11H8N4. The van der Waals surface area contributed by atoms with Crippen LogP contribution < -0.4 is 0 Å². The van der Waals surface area contributed by atoms with E-state index in [4.69, 9.17) is 0 Å². The van der Waals surface area contributed by atoms with Crippen molar-refractivity contribution < 1.29 is 0 Å². The van der Waals surface area contributed by atoms with Crippen LogP contribution in [0, 0.1) is 0 Å². The largest absolute Gasteiger partial charge is 0.237 e. The van der Waals surface area contributed by atoms with Crippen LogP contribution in [0.2, 0.25) is 0 Å². The third-order valence-electron chi connectivity index (χ3n) is 2.22. The van der Waals surface area contributed by atoms with Gasteiger partial charge in [-0.1, -0.05) is 23.4 Å². The van der Waals surface area contributed by atoms with E-state index in [1.54, 1.807) is 10.9 Å². The van der Waals surface area contributed by atoms with Crippen molar-refractivity contribution in [3.8, 4) is 5.82 Å². The molecule has 4 nitrogen and oxygen atoms in total. The van der Waals surface area contributed by atoms with Gasteiger partial charge in [-0.25, -0.2) is 4.98 Å². The Kier molecular flexibility index (Phi) is 1.71. The third kappa shape index (κ3) is 1.27. The van der Waals surface area contributed by atoms with E-state index < -0.39 is 0 Å². The Labute approximate surface area is 86.2 Å². The van der Waals surface area contributed by atoms with Gasteiger partial charge in [0.1, 0.15) is 5.52 Å². The fraction of sp³-hybridized carbons (Fsp3) is 0.